The van der Waals surface area contributed by atoms with E-state index in [0.29, 0.717) is 18.0 Å². The van der Waals surface area contributed by atoms with Crippen LogP contribution < -0.4 is 14.8 Å². The Bertz CT molecular complexity index is 553. The van der Waals surface area contributed by atoms with Crippen LogP contribution in [0.15, 0.2) is 36.9 Å². The molecule has 1 aromatic carbocycles. The minimum Gasteiger partial charge on any atom is -0.497 e. The molecule has 0 unspecified atom stereocenters. The zero-order chi connectivity index (χ0) is 14.4. The Morgan fingerprint density at radius 2 is 2.00 bits per heavy atom. The van der Waals surface area contributed by atoms with E-state index in [2.05, 4.69) is 20.0 Å². The molecule has 0 fully saturated rings. The molecule has 1 aromatic heterocycles. The molecule has 0 saturated carbocycles. The average molecular weight is 281 g/mol. The summed E-state index contributed by atoms with van der Waals surface area (Å²) in [6, 6.07) is 4.56. The molecular formula is C13H13F2N3O2. The molecule has 0 amide bonds. The number of hydrogen-bond donors (Lipinski definition) is 1. The number of anilines is 1. The van der Waals surface area contributed by atoms with Crippen molar-refractivity contribution in [3.8, 4) is 11.5 Å². The monoisotopic (exact) mass is 281 g/mol. The fourth-order valence-electron chi connectivity index (χ4n) is 1.59. The van der Waals surface area contributed by atoms with Gasteiger partial charge >= 0.3 is 6.61 Å². The molecule has 0 aliphatic rings. The molecule has 1 heterocycles. The second kappa shape index (κ2) is 6.65. The van der Waals surface area contributed by atoms with Crippen molar-refractivity contribution in [1.29, 1.82) is 0 Å². The molecule has 1 N–H and O–H groups in total. The van der Waals surface area contributed by atoms with Crippen molar-refractivity contribution in [3.63, 3.8) is 0 Å². The normalized spacial score (nSPS) is 10.4. The van der Waals surface area contributed by atoms with Gasteiger partial charge in [0.05, 0.1) is 12.8 Å². The van der Waals surface area contributed by atoms with Gasteiger partial charge in [0.1, 0.15) is 17.8 Å². The topological polar surface area (TPSA) is 56.3 Å². The molecule has 5 nitrogen and oxygen atoms in total. The van der Waals surface area contributed by atoms with Gasteiger partial charge in [-0.3, -0.25) is 0 Å². The van der Waals surface area contributed by atoms with Crippen molar-refractivity contribution in [2.24, 2.45) is 0 Å². The van der Waals surface area contributed by atoms with E-state index in [1.807, 2.05) is 0 Å². The van der Waals surface area contributed by atoms with Crippen LogP contribution in [0.4, 0.5) is 14.5 Å². The van der Waals surface area contributed by atoms with Crippen LogP contribution in [0.1, 0.15) is 5.56 Å². The van der Waals surface area contributed by atoms with Gasteiger partial charge in [-0.25, -0.2) is 9.97 Å². The highest BCUT2D eigenvalue weighted by molar-refractivity contribution is 5.59. The van der Waals surface area contributed by atoms with Gasteiger partial charge in [-0.15, -0.1) is 0 Å². The Kier molecular flexibility index (Phi) is 4.65. The van der Waals surface area contributed by atoms with Crippen molar-refractivity contribution >= 4 is 5.69 Å². The number of ether oxygens (including phenoxy) is 2. The summed E-state index contributed by atoms with van der Waals surface area (Å²) in [6.07, 6.45) is 4.68. The third kappa shape index (κ3) is 3.78. The minimum atomic E-state index is -2.89. The van der Waals surface area contributed by atoms with E-state index in [1.165, 1.54) is 19.5 Å². The lowest BCUT2D eigenvalue weighted by Gasteiger charge is -2.13. The second-order valence-electron chi connectivity index (χ2n) is 3.84. The SMILES string of the molecule is COc1ccc(OC(F)F)c(NCc2cncnc2)c1. The maximum absolute atomic E-state index is 12.3. The Morgan fingerprint density at radius 3 is 2.65 bits per heavy atom. The number of hydrogen-bond acceptors (Lipinski definition) is 5. The van der Waals surface area contributed by atoms with Crippen LogP contribution in [0.3, 0.4) is 0 Å². The lowest BCUT2D eigenvalue weighted by molar-refractivity contribution is -0.0494. The van der Waals surface area contributed by atoms with Crippen molar-refractivity contribution in [1.82, 2.24) is 9.97 Å². The number of nitrogens with one attached hydrogen (secondary N) is 1. The number of alkyl halides is 2. The molecule has 20 heavy (non-hydrogen) atoms. The maximum atomic E-state index is 12.3. The van der Waals surface area contributed by atoms with E-state index < -0.39 is 6.61 Å². The zero-order valence-corrected chi connectivity index (χ0v) is 10.7. The van der Waals surface area contributed by atoms with E-state index in [9.17, 15) is 8.78 Å². The Balaban J connectivity index is 2.15. The van der Waals surface area contributed by atoms with Gasteiger partial charge in [0.2, 0.25) is 0 Å². The fourth-order valence-corrected chi connectivity index (χ4v) is 1.59. The van der Waals surface area contributed by atoms with Gasteiger partial charge in [-0.05, 0) is 12.1 Å². The summed E-state index contributed by atoms with van der Waals surface area (Å²) in [5, 5.41) is 2.99. The average Bonchev–Trinajstić information content (AvgIpc) is 2.47. The molecule has 7 heteroatoms. The Morgan fingerprint density at radius 1 is 1.25 bits per heavy atom. The number of nitrogens with zero attached hydrogens (tertiary/aromatic N) is 2. The van der Waals surface area contributed by atoms with E-state index in [-0.39, 0.29) is 5.75 Å². The van der Waals surface area contributed by atoms with Crippen LogP contribution in [0, 0.1) is 0 Å². The van der Waals surface area contributed by atoms with E-state index in [0.717, 1.165) is 5.56 Å². The molecule has 0 aliphatic carbocycles. The lowest BCUT2D eigenvalue weighted by atomic mass is 10.2. The van der Waals surface area contributed by atoms with Gasteiger partial charge in [0.15, 0.2) is 0 Å². The van der Waals surface area contributed by atoms with Gasteiger partial charge < -0.3 is 14.8 Å². The number of benzene rings is 1. The van der Waals surface area contributed by atoms with Gasteiger partial charge in [-0.2, -0.15) is 8.78 Å². The first-order valence-electron chi connectivity index (χ1n) is 5.79. The number of halogens is 2. The molecule has 0 radical (unpaired) electrons. The Hall–Kier alpha value is -2.44. The number of rotatable bonds is 6. The highest BCUT2D eigenvalue weighted by Crippen LogP contribution is 2.30. The zero-order valence-electron chi connectivity index (χ0n) is 10.7. The summed E-state index contributed by atoms with van der Waals surface area (Å²) < 4.78 is 34.2. The van der Waals surface area contributed by atoms with E-state index in [4.69, 9.17) is 4.74 Å². The van der Waals surface area contributed by atoms with Crippen LogP contribution in [0.25, 0.3) is 0 Å². The summed E-state index contributed by atoms with van der Waals surface area (Å²) in [5.41, 5.74) is 1.23. The molecular weight excluding hydrogens is 268 g/mol. The van der Waals surface area contributed by atoms with Crippen molar-refractivity contribution < 1.29 is 18.3 Å². The lowest BCUT2D eigenvalue weighted by Crippen LogP contribution is -2.07. The third-order valence-electron chi connectivity index (χ3n) is 2.50. The predicted octanol–water partition coefficient (Wildman–Crippen LogP) is 2.70. The maximum Gasteiger partial charge on any atom is 0.387 e. The number of methoxy groups -OCH3 is 1. The minimum absolute atomic E-state index is 0.0534. The van der Waals surface area contributed by atoms with Crippen molar-refractivity contribution in [3.05, 3.63) is 42.5 Å². The molecule has 2 aromatic rings. The highest BCUT2D eigenvalue weighted by atomic mass is 19.3. The summed E-state index contributed by atoms with van der Waals surface area (Å²) in [5.74, 6) is 0.594. The second-order valence-corrected chi connectivity index (χ2v) is 3.84. The Labute approximate surface area is 114 Å². The predicted molar refractivity (Wildman–Crippen MR) is 69.0 cm³/mol. The highest BCUT2D eigenvalue weighted by Gasteiger charge is 2.10. The largest absolute Gasteiger partial charge is 0.497 e. The van der Waals surface area contributed by atoms with Crippen LogP contribution in [0.5, 0.6) is 11.5 Å². The standard InChI is InChI=1S/C13H13F2N3O2/c1-19-10-2-3-12(20-13(14)15)11(4-10)18-7-9-5-16-8-17-6-9/h2-6,8,13,18H,7H2,1H3. The first-order chi connectivity index (χ1) is 9.69. The molecule has 0 atom stereocenters. The number of aromatic nitrogens is 2. The van der Waals surface area contributed by atoms with Crippen LogP contribution >= 0.6 is 0 Å². The summed E-state index contributed by atoms with van der Waals surface area (Å²) >= 11 is 0. The fraction of sp³-hybridized carbons (Fsp3) is 0.231. The van der Waals surface area contributed by atoms with Gasteiger partial charge in [0, 0.05) is 30.6 Å². The van der Waals surface area contributed by atoms with Gasteiger partial charge in [-0.1, -0.05) is 0 Å². The van der Waals surface area contributed by atoms with Gasteiger partial charge in [0.25, 0.3) is 0 Å². The van der Waals surface area contributed by atoms with E-state index in [1.54, 1.807) is 24.5 Å². The summed E-state index contributed by atoms with van der Waals surface area (Å²) in [6.45, 7) is -2.50. The van der Waals surface area contributed by atoms with Crippen molar-refractivity contribution in [2.75, 3.05) is 12.4 Å². The smallest absolute Gasteiger partial charge is 0.387 e. The van der Waals surface area contributed by atoms with Crippen LogP contribution in [0.2, 0.25) is 0 Å². The molecule has 0 spiro atoms. The molecule has 2 rings (SSSR count). The van der Waals surface area contributed by atoms with Crippen molar-refractivity contribution in [2.45, 2.75) is 13.2 Å². The van der Waals surface area contributed by atoms with Crippen LogP contribution in [-0.4, -0.2) is 23.7 Å². The summed E-state index contributed by atoms with van der Waals surface area (Å²) in [4.78, 5) is 7.75. The quantitative estimate of drug-likeness (QED) is 0.882. The molecule has 106 valence electrons. The first kappa shape index (κ1) is 14.0. The first-order valence-corrected chi connectivity index (χ1v) is 5.79. The summed E-state index contributed by atoms with van der Waals surface area (Å²) in [7, 11) is 1.50. The molecule has 0 saturated heterocycles. The molecule has 0 bridgehead atoms. The van der Waals surface area contributed by atoms with Crippen LogP contribution in [-0.2, 0) is 6.54 Å². The molecule has 0 aliphatic heterocycles. The van der Waals surface area contributed by atoms with E-state index >= 15 is 0 Å². The third-order valence-corrected chi connectivity index (χ3v) is 2.50.